The molecule has 0 saturated carbocycles. The smallest absolute Gasteiger partial charge is 0.200 e. The van der Waals surface area contributed by atoms with Crippen molar-refractivity contribution in [2.75, 3.05) is 5.75 Å². The van der Waals surface area contributed by atoms with Gasteiger partial charge in [-0.15, -0.1) is 0 Å². The molecular formula is C25H23ClO4S2. The van der Waals surface area contributed by atoms with Crippen LogP contribution in [0.1, 0.15) is 29.5 Å². The lowest BCUT2D eigenvalue weighted by Gasteiger charge is -2.32. The first-order valence-corrected chi connectivity index (χ1v) is 13.8. The molecule has 3 aromatic rings. The predicted molar refractivity (Wildman–Crippen MR) is 129 cm³/mol. The molecule has 1 saturated heterocycles. The highest BCUT2D eigenvalue weighted by molar-refractivity contribution is 7.95. The minimum atomic E-state index is -3.92. The Labute approximate surface area is 194 Å². The van der Waals surface area contributed by atoms with Gasteiger partial charge < -0.3 is 0 Å². The quantitative estimate of drug-likeness (QED) is 0.473. The van der Waals surface area contributed by atoms with E-state index in [0.29, 0.717) is 29.0 Å². The number of halogens is 1. The van der Waals surface area contributed by atoms with Crippen LogP contribution in [0.15, 0.2) is 89.2 Å². The fourth-order valence-electron chi connectivity index (χ4n) is 4.31. The molecule has 4 nitrogen and oxygen atoms in total. The number of benzene rings is 3. The van der Waals surface area contributed by atoms with Crippen molar-refractivity contribution in [3.05, 3.63) is 106 Å². The molecule has 32 heavy (non-hydrogen) atoms. The Morgan fingerprint density at radius 2 is 1.56 bits per heavy atom. The van der Waals surface area contributed by atoms with E-state index >= 15 is 0 Å². The van der Waals surface area contributed by atoms with Gasteiger partial charge >= 0.3 is 0 Å². The molecule has 0 aliphatic carbocycles. The summed E-state index contributed by atoms with van der Waals surface area (Å²) in [4.78, 5) is 0.123. The Kier molecular flexibility index (Phi) is 6.05. The third-order valence-electron chi connectivity index (χ3n) is 5.93. The second-order valence-electron chi connectivity index (χ2n) is 8.01. The summed E-state index contributed by atoms with van der Waals surface area (Å²) in [5.74, 6) is -0.00954. The van der Waals surface area contributed by atoms with Gasteiger partial charge in [0.05, 0.1) is 10.6 Å². The van der Waals surface area contributed by atoms with E-state index in [2.05, 4.69) is 0 Å². The van der Waals surface area contributed by atoms with E-state index in [9.17, 15) is 16.8 Å². The number of hydrogen-bond acceptors (Lipinski definition) is 4. The summed E-state index contributed by atoms with van der Waals surface area (Å²) in [6, 6.07) is 22.1. The topological polar surface area (TPSA) is 68.3 Å². The summed E-state index contributed by atoms with van der Waals surface area (Å²) in [5, 5.41) is 1.63. The maximum Gasteiger partial charge on any atom is 0.200 e. The van der Waals surface area contributed by atoms with Gasteiger partial charge in [0, 0.05) is 10.4 Å². The molecule has 0 aromatic heterocycles. The van der Waals surface area contributed by atoms with Crippen molar-refractivity contribution in [3.63, 3.8) is 0 Å². The Morgan fingerprint density at radius 3 is 2.12 bits per heavy atom. The molecule has 1 aliphatic rings. The van der Waals surface area contributed by atoms with Crippen LogP contribution in [-0.2, 0) is 24.4 Å². The number of rotatable bonds is 5. The third-order valence-corrected chi connectivity index (χ3v) is 10.2. The van der Waals surface area contributed by atoms with Gasteiger partial charge in [-0.2, -0.15) is 0 Å². The van der Waals surface area contributed by atoms with Crippen LogP contribution in [0, 0.1) is 6.92 Å². The first kappa shape index (κ1) is 22.8. The summed E-state index contributed by atoms with van der Waals surface area (Å²) in [6.45, 7) is 1.88. The monoisotopic (exact) mass is 486 g/mol. The van der Waals surface area contributed by atoms with Crippen molar-refractivity contribution in [1.82, 2.24) is 0 Å². The lowest BCUT2D eigenvalue weighted by Crippen LogP contribution is -2.34. The van der Waals surface area contributed by atoms with Crippen molar-refractivity contribution in [1.29, 1.82) is 0 Å². The molecule has 1 atom stereocenters. The van der Waals surface area contributed by atoms with E-state index in [-0.39, 0.29) is 16.2 Å². The molecule has 166 valence electrons. The summed E-state index contributed by atoms with van der Waals surface area (Å²) < 4.78 is 52.5. The highest BCUT2D eigenvalue weighted by Crippen LogP contribution is 2.51. The second-order valence-corrected chi connectivity index (χ2v) is 12.6. The molecule has 3 aromatic carbocycles. The van der Waals surface area contributed by atoms with Gasteiger partial charge in [0.15, 0.2) is 19.7 Å². The average Bonchev–Trinajstić information content (AvgIpc) is 3.09. The first-order chi connectivity index (χ1) is 15.2. The van der Waals surface area contributed by atoms with Crippen molar-refractivity contribution in [3.8, 4) is 0 Å². The van der Waals surface area contributed by atoms with Gasteiger partial charge in [0.25, 0.3) is 0 Å². The molecule has 0 radical (unpaired) electrons. The summed E-state index contributed by atoms with van der Waals surface area (Å²) >= 11 is 6.07. The minimum Gasteiger partial charge on any atom is -0.228 e. The molecule has 7 heteroatoms. The summed E-state index contributed by atoms with van der Waals surface area (Å²) in [5.41, 5.74) is 2.28. The zero-order chi connectivity index (χ0) is 23.0. The number of sulfone groups is 2. The van der Waals surface area contributed by atoms with Crippen LogP contribution in [-0.4, -0.2) is 22.6 Å². The van der Waals surface area contributed by atoms with Gasteiger partial charge in [-0.25, -0.2) is 16.8 Å². The predicted octanol–water partition coefficient (Wildman–Crippen LogP) is 5.57. The molecule has 1 aliphatic heterocycles. The lowest BCUT2D eigenvalue weighted by molar-refractivity contribution is 0.575. The highest BCUT2D eigenvalue weighted by atomic mass is 35.5. The van der Waals surface area contributed by atoms with Crippen molar-refractivity contribution in [2.24, 2.45) is 0 Å². The maximum atomic E-state index is 13.6. The van der Waals surface area contributed by atoms with Crippen LogP contribution in [0.3, 0.4) is 0 Å². The summed E-state index contributed by atoms with van der Waals surface area (Å²) in [6.07, 6.45) is 0.737. The van der Waals surface area contributed by atoms with Gasteiger partial charge in [0.1, 0.15) is 4.75 Å². The fraction of sp³-hybridized carbons (Fsp3) is 0.200. The van der Waals surface area contributed by atoms with Crippen LogP contribution in [0.5, 0.6) is 0 Å². The van der Waals surface area contributed by atoms with Crippen LogP contribution in [0.4, 0.5) is 0 Å². The molecule has 0 spiro atoms. The fourth-order valence-corrected chi connectivity index (χ4v) is 8.14. The van der Waals surface area contributed by atoms with Crippen molar-refractivity contribution < 1.29 is 16.8 Å². The minimum absolute atomic E-state index is 0.00954. The average molecular weight is 487 g/mol. The van der Waals surface area contributed by atoms with Crippen LogP contribution >= 0.6 is 11.6 Å². The van der Waals surface area contributed by atoms with E-state index < -0.39 is 24.4 Å². The van der Waals surface area contributed by atoms with E-state index in [4.69, 9.17) is 11.6 Å². The van der Waals surface area contributed by atoms with E-state index in [1.807, 2.05) is 13.0 Å². The van der Waals surface area contributed by atoms with Gasteiger partial charge in [-0.1, -0.05) is 71.8 Å². The zero-order valence-corrected chi connectivity index (χ0v) is 19.9. The highest BCUT2D eigenvalue weighted by Gasteiger charge is 2.52. The largest absolute Gasteiger partial charge is 0.228 e. The molecular weight excluding hydrogens is 464 g/mol. The lowest BCUT2D eigenvalue weighted by atomic mass is 9.84. The van der Waals surface area contributed by atoms with E-state index in [0.717, 1.165) is 11.0 Å². The maximum absolute atomic E-state index is 13.6. The summed E-state index contributed by atoms with van der Waals surface area (Å²) in [7, 11) is -7.62. The normalized spacial score (nSPS) is 20.9. The first-order valence-electron chi connectivity index (χ1n) is 10.2. The van der Waals surface area contributed by atoms with Gasteiger partial charge in [-0.05, 0) is 60.7 Å². The molecule has 1 unspecified atom stereocenters. The zero-order valence-electron chi connectivity index (χ0n) is 17.5. The molecule has 1 heterocycles. The Hall–Kier alpha value is -2.41. The van der Waals surface area contributed by atoms with Gasteiger partial charge in [0.2, 0.25) is 0 Å². The van der Waals surface area contributed by atoms with Crippen molar-refractivity contribution in [2.45, 2.75) is 29.4 Å². The standard InChI is InChI=1S/C25H23ClO4S2/c1-19-8-14-23(15-9-19)31(27,28)18-24(20-6-3-2-4-7-20)25(16-5-17-32(25,29)30)21-10-12-22(26)13-11-21/h2-4,6-15,18H,5,16-17H2,1H3/b24-18+. The number of hydrogen-bond donors (Lipinski definition) is 0. The SMILES string of the molecule is Cc1ccc(S(=O)(=O)/C=C(\c2ccccc2)C2(c3ccc(Cl)cc3)CCCS2(=O)=O)cc1. The van der Waals surface area contributed by atoms with E-state index in [1.165, 1.54) is 0 Å². The Balaban J connectivity index is 2.04. The van der Waals surface area contributed by atoms with Gasteiger partial charge in [-0.3, -0.25) is 0 Å². The molecule has 0 amide bonds. The van der Waals surface area contributed by atoms with Crippen LogP contribution in [0.25, 0.3) is 5.57 Å². The molecule has 4 rings (SSSR count). The Bertz CT molecular complexity index is 1360. The van der Waals surface area contributed by atoms with Crippen LogP contribution < -0.4 is 0 Å². The number of aryl methyl sites for hydroxylation is 1. The molecule has 1 fully saturated rings. The molecule has 0 N–H and O–H groups in total. The second kappa shape index (κ2) is 8.50. The van der Waals surface area contributed by atoms with E-state index in [1.54, 1.807) is 72.8 Å². The molecule has 0 bridgehead atoms. The third kappa shape index (κ3) is 4.03. The Morgan fingerprint density at radius 1 is 0.938 bits per heavy atom. The van der Waals surface area contributed by atoms with Crippen LogP contribution in [0.2, 0.25) is 5.02 Å². The van der Waals surface area contributed by atoms with Crippen molar-refractivity contribution >= 4 is 36.8 Å².